The van der Waals surface area contributed by atoms with Gasteiger partial charge in [-0.25, -0.2) is 4.98 Å². The number of nitrogens with one attached hydrogen (secondary N) is 2. The first-order chi connectivity index (χ1) is 8.65. The largest absolute Gasteiger partial charge is 0.369 e. The maximum atomic E-state index is 6.05. The standard InChI is InChI=1S/C12H9Cl2N3S/c13-8-2-1-6(5-9(8)14)10-7-3-4-15-11(7)17-12(18)16-10/h1-2,5H,3-4H2,(H2,15,16,17,18). The van der Waals surface area contributed by atoms with Gasteiger partial charge in [-0.3, -0.25) is 0 Å². The number of halogens is 2. The van der Waals surface area contributed by atoms with Gasteiger partial charge in [0, 0.05) is 12.1 Å². The fourth-order valence-corrected chi connectivity index (χ4v) is 2.58. The molecule has 0 aliphatic carbocycles. The Bertz CT molecular complexity index is 682. The van der Waals surface area contributed by atoms with Crippen LogP contribution in [-0.4, -0.2) is 16.5 Å². The number of nitrogens with zero attached hydrogens (tertiary/aromatic N) is 1. The number of aromatic nitrogens is 2. The van der Waals surface area contributed by atoms with Crippen LogP contribution in [0.5, 0.6) is 0 Å². The number of H-pyrrole nitrogens is 1. The van der Waals surface area contributed by atoms with Gasteiger partial charge in [-0.2, -0.15) is 0 Å². The van der Waals surface area contributed by atoms with Crippen molar-refractivity contribution in [1.82, 2.24) is 9.97 Å². The van der Waals surface area contributed by atoms with E-state index in [1.807, 2.05) is 12.1 Å². The van der Waals surface area contributed by atoms with Crippen LogP contribution in [0.4, 0.5) is 5.82 Å². The van der Waals surface area contributed by atoms with E-state index in [0.29, 0.717) is 14.8 Å². The zero-order chi connectivity index (χ0) is 12.7. The summed E-state index contributed by atoms with van der Waals surface area (Å²) in [5, 5.41) is 4.30. The summed E-state index contributed by atoms with van der Waals surface area (Å²) in [5.74, 6) is 0.861. The molecule has 0 radical (unpaired) electrons. The highest BCUT2D eigenvalue weighted by Gasteiger charge is 2.18. The number of hydrogen-bond acceptors (Lipinski definition) is 3. The molecule has 2 aromatic rings. The van der Waals surface area contributed by atoms with E-state index in [0.717, 1.165) is 35.6 Å². The average Bonchev–Trinajstić information content (AvgIpc) is 2.79. The highest BCUT2D eigenvalue weighted by atomic mass is 35.5. The number of fused-ring (bicyclic) bond motifs is 1. The summed E-state index contributed by atoms with van der Waals surface area (Å²) in [6.45, 7) is 0.878. The molecule has 0 atom stereocenters. The summed E-state index contributed by atoms with van der Waals surface area (Å²) in [6.07, 6.45) is 0.921. The molecule has 0 fully saturated rings. The highest BCUT2D eigenvalue weighted by Crippen LogP contribution is 2.33. The van der Waals surface area contributed by atoms with E-state index in [1.165, 1.54) is 0 Å². The second kappa shape index (κ2) is 4.53. The highest BCUT2D eigenvalue weighted by molar-refractivity contribution is 7.71. The second-order valence-corrected chi connectivity index (χ2v) is 5.25. The average molecular weight is 298 g/mol. The lowest BCUT2D eigenvalue weighted by atomic mass is 10.1. The SMILES string of the molecule is S=c1nc2c(c(-c3ccc(Cl)c(Cl)c3)[nH]1)CCN2. The van der Waals surface area contributed by atoms with Crippen LogP contribution in [0.1, 0.15) is 5.56 Å². The van der Waals surface area contributed by atoms with Crippen LogP contribution >= 0.6 is 35.4 Å². The summed E-state index contributed by atoms with van der Waals surface area (Å²) in [6, 6.07) is 5.54. The van der Waals surface area contributed by atoms with Crippen LogP contribution in [0.3, 0.4) is 0 Å². The van der Waals surface area contributed by atoms with Crippen LogP contribution in [0.2, 0.25) is 10.0 Å². The minimum atomic E-state index is 0.462. The molecule has 6 heteroatoms. The normalized spacial score (nSPS) is 13.2. The van der Waals surface area contributed by atoms with Crippen molar-refractivity contribution in [2.45, 2.75) is 6.42 Å². The molecule has 0 unspecified atom stereocenters. The van der Waals surface area contributed by atoms with Gasteiger partial charge in [-0.15, -0.1) is 0 Å². The Morgan fingerprint density at radius 3 is 2.83 bits per heavy atom. The van der Waals surface area contributed by atoms with Gasteiger partial charge < -0.3 is 10.3 Å². The zero-order valence-electron chi connectivity index (χ0n) is 9.26. The molecule has 1 aliphatic heterocycles. The Morgan fingerprint density at radius 1 is 1.22 bits per heavy atom. The molecular weight excluding hydrogens is 289 g/mol. The molecule has 3 nitrogen and oxygen atoms in total. The predicted octanol–water partition coefficient (Wildman–Crippen LogP) is 4.08. The Labute approximate surface area is 119 Å². The van der Waals surface area contributed by atoms with Crippen molar-refractivity contribution in [3.63, 3.8) is 0 Å². The lowest BCUT2D eigenvalue weighted by Gasteiger charge is -2.08. The minimum Gasteiger partial charge on any atom is -0.369 e. The van der Waals surface area contributed by atoms with E-state index >= 15 is 0 Å². The first-order valence-electron chi connectivity index (χ1n) is 5.47. The fraction of sp³-hybridized carbons (Fsp3) is 0.167. The zero-order valence-corrected chi connectivity index (χ0v) is 11.6. The molecule has 0 spiro atoms. The fourth-order valence-electron chi connectivity index (χ4n) is 2.09. The van der Waals surface area contributed by atoms with Gasteiger partial charge in [0.05, 0.1) is 15.7 Å². The molecule has 0 bridgehead atoms. The van der Waals surface area contributed by atoms with Gasteiger partial charge >= 0.3 is 0 Å². The second-order valence-electron chi connectivity index (χ2n) is 4.05. The molecule has 0 amide bonds. The van der Waals surface area contributed by atoms with Crippen molar-refractivity contribution < 1.29 is 0 Å². The van der Waals surface area contributed by atoms with Crippen molar-refractivity contribution in [1.29, 1.82) is 0 Å². The van der Waals surface area contributed by atoms with Crippen LogP contribution in [0, 0.1) is 4.77 Å². The maximum absolute atomic E-state index is 6.05. The van der Waals surface area contributed by atoms with Gasteiger partial charge in [0.2, 0.25) is 0 Å². The van der Waals surface area contributed by atoms with Crippen molar-refractivity contribution in [2.75, 3.05) is 11.9 Å². The molecule has 0 saturated heterocycles. The summed E-state index contributed by atoms with van der Waals surface area (Å²) in [4.78, 5) is 7.40. The molecule has 2 N–H and O–H groups in total. The molecule has 1 aliphatic rings. The Hall–Kier alpha value is -1.10. The number of rotatable bonds is 1. The molecule has 1 aromatic carbocycles. The van der Waals surface area contributed by atoms with Gasteiger partial charge in [-0.1, -0.05) is 29.3 Å². The van der Waals surface area contributed by atoms with E-state index < -0.39 is 0 Å². The number of hydrogen-bond donors (Lipinski definition) is 2. The lowest BCUT2D eigenvalue weighted by Crippen LogP contribution is -1.96. The van der Waals surface area contributed by atoms with E-state index in [9.17, 15) is 0 Å². The molecule has 3 rings (SSSR count). The van der Waals surface area contributed by atoms with Crippen molar-refractivity contribution >= 4 is 41.2 Å². The number of anilines is 1. The Morgan fingerprint density at radius 2 is 2.06 bits per heavy atom. The Balaban J connectivity index is 2.23. The molecule has 1 aromatic heterocycles. The van der Waals surface area contributed by atoms with Crippen LogP contribution in [-0.2, 0) is 6.42 Å². The molecule has 92 valence electrons. The third kappa shape index (κ3) is 2.00. The Kier molecular flexibility index (Phi) is 3.01. The summed E-state index contributed by atoms with van der Waals surface area (Å²) in [5.41, 5.74) is 3.08. The lowest BCUT2D eigenvalue weighted by molar-refractivity contribution is 1.08. The van der Waals surface area contributed by atoms with E-state index in [4.69, 9.17) is 35.4 Å². The number of benzene rings is 1. The first kappa shape index (κ1) is 12.0. The van der Waals surface area contributed by atoms with Crippen molar-refractivity contribution in [2.24, 2.45) is 0 Å². The predicted molar refractivity (Wildman–Crippen MR) is 77.1 cm³/mol. The third-order valence-electron chi connectivity index (χ3n) is 2.91. The van der Waals surface area contributed by atoms with Gasteiger partial charge in [0.15, 0.2) is 4.77 Å². The monoisotopic (exact) mass is 297 g/mol. The third-order valence-corrected chi connectivity index (χ3v) is 3.84. The van der Waals surface area contributed by atoms with Gasteiger partial charge in [0.1, 0.15) is 5.82 Å². The molecule has 2 heterocycles. The molecule has 0 saturated carbocycles. The van der Waals surface area contributed by atoms with Crippen LogP contribution in [0.25, 0.3) is 11.3 Å². The molecule has 18 heavy (non-hydrogen) atoms. The van der Waals surface area contributed by atoms with Gasteiger partial charge in [-0.05, 0) is 36.3 Å². The van der Waals surface area contributed by atoms with Crippen LogP contribution in [0.15, 0.2) is 18.2 Å². The van der Waals surface area contributed by atoms with Crippen molar-refractivity contribution in [3.8, 4) is 11.3 Å². The van der Waals surface area contributed by atoms with Crippen LogP contribution < -0.4 is 5.32 Å². The quantitative estimate of drug-likeness (QED) is 0.779. The molecular formula is C12H9Cl2N3S. The summed E-state index contributed by atoms with van der Waals surface area (Å²) < 4.78 is 0.462. The number of aromatic amines is 1. The van der Waals surface area contributed by atoms with Gasteiger partial charge in [0.25, 0.3) is 0 Å². The van der Waals surface area contributed by atoms with E-state index in [-0.39, 0.29) is 0 Å². The van der Waals surface area contributed by atoms with E-state index in [2.05, 4.69) is 15.3 Å². The summed E-state index contributed by atoms with van der Waals surface area (Å²) >= 11 is 17.1. The topological polar surface area (TPSA) is 40.7 Å². The van der Waals surface area contributed by atoms with Crippen molar-refractivity contribution in [3.05, 3.63) is 38.6 Å². The summed E-state index contributed by atoms with van der Waals surface area (Å²) in [7, 11) is 0. The minimum absolute atomic E-state index is 0.462. The smallest absolute Gasteiger partial charge is 0.199 e. The first-order valence-corrected chi connectivity index (χ1v) is 6.64. The maximum Gasteiger partial charge on any atom is 0.199 e. The van der Waals surface area contributed by atoms with E-state index in [1.54, 1.807) is 6.07 Å².